The number of nitrogens with one attached hydrogen (secondary N) is 1. The third-order valence-corrected chi connectivity index (χ3v) is 7.38. The quantitative estimate of drug-likeness (QED) is 0.273. The number of aromatic nitrogens is 2. The summed E-state index contributed by atoms with van der Waals surface area (Å²) in [7, 11) is 0. The molecular weight excluding hydrogens is 480 g/mol. The normalized spacial score (nSPS) is 16.7. The van der Waals surface area contributed by atoms with E-state index < -0.39 is 0 Å². The molecule has 0 amide bonds. The van der Waals surface area contributed by atoms with E-state index in [9.17, 15) is 0 Å². The first-order valence-electron chi connectivity index (χ1n) is 13.2. The van der Waals surface area contributed by atoms with Crippen molar-refractivity contribution in [2.24, 2.45) is 9.98 Å². The molecule has 2 aliphatic rings. The van der Waals surface area contributed by atoms with E-state index in [1.165, 1.54) is 11.1 Å². The largest absolute Gasteiger partial charge is 0.335 e. The van der Waals surface area contributed by atoms with Crippen LogP contribution in [0.1, 0.15) is 34.0 Å². The number of nitrogens with zero attached hydrogens (tertiary/aromatic N) is 5. The van der Waals surface area contributed by atoms with Gasteiger partial charge in [-0.15, -0.1) is 0 Å². The fourth-order valence-electron chi connectivity index (χ4n) is 5.58. The maximum absolute atomic E-state index is 5.31. The minimum atomic E-state index is -0.126. The first-order valence-corrected chi connectivity index (χ1v) is 13.2. The van der Waals surface area contributed by atoms with Gasteiger partial charge in [0, 0.05) is 5.56 Å². The van der Waals surface area contributed by atoms with E-state index in [2.05, 4.69) is 110 Å². The van der Waals surface area contributed by atoms with E-state index in [1.807, 2.05) is 28.9 Å². The van der Waals surface area contributed by atoms with E-state index in [0.29, 0.717) is 5.84 Å². The summed E-state index contributed by atoms with van der Waals surface area (Å²) in [5.41, 5.74) is 9.50. The number of anilines is 2. The van der Waals surface area contributed by atoms with Gasteiger partial charge in [0.2, 0.25) is 0 Å². The fraction of sp³-hybridized carbons (Fsp3) is 0.121. The number of rotatable bonds is 3. The molecule has 5 aromatic rings. The van der Waals surface area contributed by atoms with Crippen molar-refractivity contribution < 1.29 is 0 Å². The molecule has 1 aromatic heterocycles. The third kappa shape index (κ3) is 3.84. The topological polar surface area (TPSA) is 57.8 Å². The third-order valence-electron chi connectivity index (χ3n) is 7.38. The molecule has 0 bridgehead atoms. The number of amidine groups is 2. The van der Waals surface area contributed by atoms with Crippen LogP contribution in [0.4, 0.5) is 22.9 Å². The van der Waals surface area contributed by atoms with Crippen molar-refractivity contribution in [1.29, 1.82) is 0 Å². The molecule has 0 aliphatic carbocycles. The van der Waals surface area contributed by atoms with Gasteiger partial charge in [0.15, 0.2) is 17.5 Å². The number of aryl methyl sites for hydroxylation is 3. The smallest absolute Gasteiger partial charge is 0.179 e. The molecule has 6 nitrogen and oxygen atoms in total. The molecule has 190 valence electrons. The first-order chi connectivity index (χ1) is 19.1. The average Bonchev–Trinajstić information content (AvgIpc) is 3.30. The zero-order valence-corrected chi connectivity index (χ0v) is 22.1. The number of para-hydroxylation sites is 3. The van der Waals surface area contributed by atoms with Crippen molar-refractivity contribution in [3.8, 4) is 5.69 Å². The van der Waals surface area contributed by atoms with Crippen LogP contribution < -0.4 is 10.2 Å². The lowest BCUT2D eigenvalue weighted by atomic mass is 9.93. The van der Waals surface area contributed by atoms with E-state index >= 15 is 0 Å². The molecule has 0 radical (unpaired) electrons. The molecule has 7 rings (SSSR count). The second-order valence-electron chi connectivity index (χ2n) is 10.1. The highest BCUT2D eigenvalue weighted by atomic mass is 15.4. The van der Waals surface area contributed by atoms with Crippen LogP contribution in [0.5, 0.6) is 0 Å². The number of hydrogen-bond donors (Lipinski definition) is 1. The van der Waals surface area contributed by atoms with E-state index in [4.69, 9.17) is 15.1 Å². The Bertz CT molecular complexity index is 1770. The van der Waals surface area contributed by atoms with Gasteiger partial charge < -0.3 is 10.2 Å². The van der Waals surface area contributed by atoms with Crippen molar-refractivity contribution in [1.82, 2.24) is 9.78 Å². The van der Waals surface area contributed by atoms with Gasteiger partial charge in [-0.1, -0.05) is 78.4 Å². The Morgan fingerprint density at radius 3 is 2.28 bits per heavy atom. The number of fused-ring (bicyclic) bond motifs is 4. The Morgan fingerprint density at radius 2 is 1.51 bits per heavy atom. The number of hydrogen-bond acceptors (Lipinski definition) is 4. The fourth-order valence-corrected chi connectivity index (χ4v) is 5.58. The second kappa shape index (κ2) is 9.10. The van der Waals surface area contributed by atoms with Gasteiger partial charge >= 0.3 is 0 Å². The van der Waals surface area contributed by atoms with Crippen LogP contribution in [0.15, 0.2) is 113 Å². The summed E-state index contributed by atoms with van der Waals surface area (Å²) in [5, 5.41) is 8.61. The molecule has 6 heteroatoms. The van der Waals surface area contributed by atoms with Crippen LogP contribution in [0.2, 0.25) is 0 Å². The van der Waals surface area contributed by atoms with Gasteiger partial charge in [-0.05, 0) is 62.2 Å². The van der Waals surface area contributed by atoms with Crippen molar-refractivity contribution in [3.63, 3.8) is 0 Å². The monoisotopic (exact) mass is 508 g/mol. The summed E-state index contributed by atoms with van der Waals surface area (Å²) < 4.78 is 1.96. The van der Waals surface area contributed by atoms with Crippen molar-refractivity contribution in [3.05, 3.63) is 131 Å². The molecule has 3 heterocycles. The summed E-state index contributed by atoms with van der Waals surface area (Å²) in [6.07, 6.45) is 0. The lowest BCUT2D eigenvalue weighted by molar-refractivity contribution is 0.816. The molecule has 1 unspecified atom stereocenters. The van der Waals surface area contributed by atoms with Crippen LogP contribution in [-0.2, 0) is 0 Å². The van der Waals surface area contributed by atoms with Gasteiger partial charge in [-0.25, -0.2) is 14.7 Å². The summed E-state index contributed by atoms with van der Waals surface area (Å²) in [6, 6.07) is 35.4. The van der Waals surface area contributed by atoms with Crippen molar-refractivity contribution >= 4 is 34.6 Å². The average molecular weight is 509 g/mol. The Morgan fingerprint density at radius 1 is 0.795 bits per heavy atom. The van der Waals surface area contributed by atoms with Gasteiger partial charge in [-0.2, -0.15) is 5.10 Å². The molecule has 0 saturated carbocycles. The lowest BCUT2D eigenvalue weighted by Gasteiger charge is -2.41. The maximum Gasteiger partial charge on any atom is 0.179 e. The van der Waals surface area contributed by atoms with Gasteiger partial charge in [0.1, 0.15) is 0 Å². The predicted molar refractivity (Wildman–Crippen MR) is 159 cm³/mol. The highest BCUT2D eigenvalue weighted by molar-refractivity contribution is 6.52. The zero-order valence-electron chi connectivity index (χ0n) is 22.1. The first kappa shape index (κ1) is 23.2. The molecule has 4 aromatic carbocycles. The van der Waals surface area contributed by atoms with Crippen LogP contribution in [0, 0.1) is 20.8 Å². The Kier molecular flexibility index (Phi) is 5.40. The SMILES string of the molecule is Cc1ccc(N=C2Nc3ccccc3N3C2=Nc2c(c(C)nn2-c2ccccc2)C3c2ccccc2)c(C)c1. The lowest BCUT2D eigenvalue weighted by Crippen LogP contribution is -2.48. The van der Waals surface area contributed by atoms with Crippen molar-refractivity contribution in [2.45, 2.75) is 26.8 Å². The van der Waals surface area contributed by atoms with Crippen molar-refractivity contribution in [2.75, 3.05) is 10.2 Å². The van der Waals surface area contributed by atoms with Crippen LogP contribution in [0.25, 0.3) is 5.69 Å². The summed E-state index contributed by atoms with van der Waals surface area (Å²) >= 11 is 0. The van der Waals surface area contributed by atoms with Gasteiger partial charge in [0.05, 0.1) is 34.5 Å². The Labute approximate surface area is 228 Å². The highest BCUT2D eigenvalue weighted by Crippen LogP contribution is 2.47. The molecule has 0 spiro atoms. The molecular formula is C33H28N6. The van der Waals surface area contributed by atoms with E-state index in [1.54, 1.807) is 0 Å². The van der Waals surface area contributed by atoms with Crippen LogP contribution in [-0.4, -0.2) is 21.5 Å². The molecule has 1 atom stereocenters. The Hall–Kier alpha value is -4.97. The summed E-state index contributed by atoms with van der Waals surface area (Å²) in [4.78, 5) is 12.8. The standard InChI is InChI=1S/C33H28N6/c1-21-18-19-26(22(2)20-21)34-31-33-36-32-29(23(3)37-39(32)25-14-8-5-9-15-25)30(24-12-6-4-7-13-24)38(33)28-17-11-10-16-27(28)35-31/h4-20,30H,1-3H3,(H,34,35). The summed E-state index contributed by atoms with van der Waals surface area (Å²) in [5.74, 6) is 2.31. The molecule has 2 aliphatic heterocycles. The van der Waals surface area contributed by atoms with Crippen LogP contribution >= 0.6 is 0 Å². The van der Waals surface area contributed by atoms with Crippen LogP contribution in [0.3, 0.4) is 0 Å². The maximum atomic E-state index is 5.31. The van der Waals surface area contributed by atoms with Gasteiger partial charge in [-0.3, -0.25) is 0 Å². The number of benzene rings is 4. The minimum absolute atomic E-state index is 0.126. The molecule has 1 N–H and O–H groups in total. The summed E-state index contributed by atoms with van der Waals surface area (Å²) in [6.45, 7) is 6.28. The van der Waals surface area contributed by atoms with E-state index in [-0.39, 0.29) is 6.04 Å². The highest BCUT2D eigenvalue weighted by Gasteiger charge is 2.41. The predicted octanol–water partition coefficient (Wildman–Crippen LogP) is 7.59. The molecule has 39 heavy (non-hydrogen) atoms. The van der Waals surface area contributed by atoms with Gasteiger partial charge in [0.25, 0.3) is 0 Å². The molecule has 0 saturated heterocycles. The molecule has 0 fully saturated rings. The number of aliphatic imine (C=N–C) groups is 2. The second-order valence-corrected chi connectivity index (χ2v) is 10.1. The zero-order chi connectivity index (χ0) is 26.5. The Balaban J connectivity index is 1.53. The van der Waals surface area contributed by atoms with E-state index in [0.717, 1.165) is 51.2 Å². The minimum Gasteiger partial charge on any atom is -0.335 e.